The van der Waals surface area contributed by atoms with E-state index >= 15 is 0 Å². The highest BCUT2D eigenvalue weighted by Crippen LogP contribution is 2.39. The lowest BCUT2D eigenvalue weighted by molar-refractivity contribution is -0.177. The normalized spacial score (nSPS) is 26.3. The highest BCUT2D eigenvalue weighted by molar-refractivity contribution is 5.73. The Kier molecular flexibility index (Phi) is 6.61. The fourth-order valence-corrected chi connectivity index (χ4v) is 2.75. The number of aliphatic hydroxyl groups excluding tert-OH is 1. The van der Waals surface area contributed by atoms with Crippen LogP contribution in [0.5, 0.6) is 0 Å². The smallest absolute Gasteiger partial charge is 0.352 e. The Morgan fingerprint density at radius 1 is 1.34 bits per heavy atom. The molecule has 1 aliphatic rings. The molecule has 0 unspecified atom stereocenters. The molecule has 2 rings (SSSR count). The van der Waals surface area contributed by atoms with Gasteiger partial charge in [0.1, 0.15) is 18.0 Å². The van der Waals surface area contributed by atoms with Crippen LogP contribution in [-0.2, 0) is 29.5 Å². The van der Waals surface area contributed by atoms with Crippen molar-refractivity contribution >= 4 is 17.8 Å². The van der Waals surface area contributed by atoms with Crippen molar-refractivity contribution in [3.63, 3.8) is 0 Å². The molecule has 0 aromatic carbocycles. The van der Waals surface area contributed by atoms with Crippen LogP contribution in [0.1, 0.15) is 27.7 Å². The zero-order valence-corrected chi connectivity index (χ0v) is 16.6. The van der Waals surface area contributed by atoms with E-state index in [-0.39, 0.29) is 5.82 Å². The molecule has 0 bridgehead atoms. The third-order valence-corrected chi connectivity index (χ3v) is 4.34. The number of hydrogen-bond donors (Lipinski definition) is 2. The molecule has 1 aliphatic heterocycles. The number of carbonyl (C=O) groups is 2. The van der Waals surface area contributed by atoms with Crippen LogP contribution in [0.3, 0.4) is 0 Å². The molecule has 1 saturated heterocycles. The molecule has 0 amide bonds. The summed E-state index contributed by atoms with van der Waals surface area (Å²) in [6, 6.07) is 3.08. The summed E-state index contributed by atoms with van der Waals surface area (Å²) in [6.45, 7) is 5.66. The van der Waals surface area contributed by atoms with E-state index in [0.717, 1.165) is 10.8 Å². The first-order valence-electron chi connectivity index (χ1n) is 9.04. The standard InChI is InChI=1S/C18H24N4O7/c1-9(2)15(24)27-13-11(7-23)29-18(8-19,14(13)28-16(25)10(3)4)22-6-5-12(20)21-17(22)26/h5-6,9-11,13-14,23H,7H2,1-4H3,(H2,20,21,26)/t11-,13-,14-,18-/m1/s1. The van der Waals surface area contributed by atoms with E-state index in [1.807, 2.05) is 6.07 Å². The molecule has 1 aromatic heterocycles. The number of nitrogens with zero attached hydrogens (tertiary/aromatic N) is 3. The number of rotatable bonds is 6. The summed E-state index contributed by atoms with van der Waals surface area (Å²) in [6.07, 6.45) is -2.94. The Labute approximate surface area is 167 Å². The number of aromatic nitrogens is 2. The van der Waals surface area contributed by atoms with E-state index < -0.39 is 60.1 Å². The van der Waals surface area contributed by atoms with Gasteiger partial charge >= 0.3 is 17.6 Å². The minimum atomic E-state index is -2.22. The maximum Gasteiger partial charge on any atom is 0.352 e. The van der Waals surface area contributed by atoms with Crippen molar-refractivity contribution in [2.24, 2.45) is 11.8 Å². The lowest BCUT2D eigenvalue weighted by Crippen LogP contribution is -2.52. The summed E-state index contributed by atoms with van der Waals surface area (Å²) in [5.74, 6) is -2.57. The molecule has 1 aromatic rings. The summed E-state index contributed by atoms with van der Waals surface area (Å²) in [5.41, 5.74) is 2.34. The van der Waals surface area contributed by atoms with Gasteiger partial charge in [0, 0.05) is 6.20 Å². The van der Waals surface area contributed by atoms with Crippen LogP contribution in [-0.4, -0.2) is 51.5 Å². The second kappa shape index (κ2) is 8.59. The number of nitrogens with two attached hydrogens (primary N) is 1. The fraction of sp³-hybridized carbons (Fsp3) is 0.611. The molecule has 11 nitrogen and oxygen atoms in total. The minimum Gasteiger partial charge on any atom is -0.455 e. The highest BCUT2D eigenvalue weighted by atomic mass is 16.7. The molecule has 0 radical (unpaired) electrons. The van der Waals surface area contributed by atoms with Crippen molar-refractivity contribution in [3.05, 3.63) is 22.7 Å². The monoisotopic (exact) mass is 408 g/mol. The Bertz CT molecular complexity index is 876. The number of ether oxygens (including phenoxy) is 3. The Hall–Kier alpha value is -2.97. The predicted octanol–water partition coefficient (Wildman–Crippen LogP) is -0.471. The predicted molar refractivity (Wildman–Crippen MR) is 97.9 cm³/mol. The van der Waals surface area contributed by atoms with Gasteiger partial charge in [-0.05, 0) is 6.07 Å². The van der Waals surface area contributed by atoms with Crippen LogP contribution < -0.4 is 11.4 Å². The number of esters is 2. The summed E-state index contributed by atoms with van der Waals surface area (Å²) in [7, 11) is 0. The van der Waals surface area contributed by atoms with Crippen molar-refractivity contribution < 1.29 is 28.9 Å². The summed E-state index contributed by atoms with van der Waals surface area (Å²) >= 11 is 0. The van der Waals surface area contributed by atoms with Gasteiger partial charge in [-0.1, -0.05) is 27.7 Å². The number of nitriles is 1. The molecule has 158 valence electrons. The number of hydrogen-bond acceptors (Lipinski definition) is 10. The van der Waals surface area contributed by atoms with Crippen LogP contribution in [0.4, 0.5) is 5.82 Å². The van der Waals surface area contributed by atoms with E-state index in [1.54, 1.807) is 27.7 Å². The zero-order chi connectivity index (χ0) is 21.9. The van der Waals surface area contributed by atoms with Gasteiger partial charge in [0.2, 0.25) is 6.10 Å². The van der Waals surface area contributed by atoms with Gasteiger partial charge in [-0.15, -0.1) is 0 Å². The first-order chi connectivity index (χ1) is 13.6. The van der Waals surface area contributed by atoms with Crippen LogP contribution in [0.2, 0.25) is 0 Å². The van der Waals surface area contributed by atoms with E-state index in [4.69, 9.17) is 19.9 Å². The SMILES string of the molecule is CC(C)C(=O)O[C@H]1[C@@H](OC(=O)C(C)C)[C@](C#N)(n2ccc(N)nc2=O)O[C@@H]1CO. The van der Waals surface area contributed by atoms with Gasteiger partial charge in [0.25, 0.3) is 5.72 Å². The van der Waals surface area contributed by atoms with Gasteiger partial charge in [-0.3, -0.25) is 14.2 Å². The molecular weight excluding hydrogens is 384 g/mol. The molecule has 0 spiro atoms. The molecule has 1 fully saturated rings. The van der Waals surface area contributed by atoms with Crippen LogP contribution in [0.15, 0.2) is 17.1 Å². The first kappa shape index (κ1) is 22.3. The van der Waals surface area contributed by atoms with E-state index in [2.05, 4.69) is 4.98 Å². The van der Waals surface area contributed by atoms with Gasteiger partial charge in [0.15, 0.2) is 6.10 Å². The van der Waals surface area contributed by atoms with Crippen molar-refractivity contribution in [2.75, 3.05) is 12.3 Å². The topological polar surface area (TPSA) is 167 Å². The lowest BCUT2D eigenvalue weighted by Gasteiger charge is -2.30. The zero-order valence-electron chi connectivity index (χ0n) is 16.6. The second-order valence-corrected chi connectivity index (χ2v) is 7.22. The van der Waals surface area contributed by atoms with Crippen LogP contribution >= 0.6 is 0 Å². The number of nitrogen functional groups attached to an aromatic ring is 1. The summed E-state index contributed by atoms with van der Waals surface area (Å²) in [5, 5.41) is 19.7. The van der Waals surface area contributed by atoms with Crippen LogP contribution in [0, 0.1) is 23.2 Å². The highest BCUT2D eigenvalue weighted by Gasteiger charge is 2.62. The molecule has 4 atom stereocenters. The molecule has 3 N–H and O–H groups in total. The number of carbonyl (C=O) groups excluding carboxylic acids is 2. The molecular formula is C18H24N4O7. The largest absolute Gasteiger partial charge is 0.455 e. The van der Waals surface area contributed by atoms with Crippen molar-refractivity contribution in [1.82, 2.24) is 9.55 Å². The Morgan fingerprint density at radius 3 is 2.41 bits per heavy atom. The van der Waals surface area contributed by atoms with Crippen molar-refractivity contribution in [3.8, 4) is 6.07 Å². The van der Waals surface area contributed by atoms with Gasteiger partial charge < -0.3 is 25.1 Å². The maximum absolute atomic E-state index is 12.4. The fourth-order valence-electron chi connectivity index (χ4n) is 2.75. The van der Waals surface area contributed by atoms with E-state index in [9.17, 15) is 24.8 Å². The van der Waals surface area contributed by atoms with Crippen molar-refractivity contribution in [1.29, 1.82) is 5.26 Å². The van der Waals surface area contributed by atoms with Gasteiger partial charge in [-0.2, -0.15) is 10.2 Å². The molecule has 2 heterocycles. The number of aliphatic hydroxyl groups is 1. The third kappa shape index (κ3) is 4.23. The third-order valence-electron chi connectivity index (χ3n) is 4.34. The Balaban J connectivity index is 2.63. The maximum atomic E-state index is 12.4. The summed E-state index contributed by atoms with van der Waals surface area (Å²) < 4.78 is 17.3. The number of anilines is 1. The lowest BCUT2D eigenvalue weighted by atomic mass is 10.0. The van der Waals surface area contributed by atoms with Gasteiger partial charge in [0.05, 0.1) is 18.4 Å². The Morgan fingerprint density at radius 2 is 1.93 bits per heavy atom. The van der Waals surface area contributed by atoms with Gasteiger partial charge in [-0.25, -0.2) is 4.79 Å². The average Bonchev–Trinajstić information content (AvgIpc) is 2.95. The second-order valence-electron chi connectivity index (χ2n) is 7.22. The van der Waals surface area contributed by atoms with Crippen LogP contribution in [0.25, 0.3) is 0 Å². The minimum absolute atomic E-state index is 0.0884. The molecule has 0 saturated carbocycles. The molecule has 29 heavy (non-hydrogen) atoms. The quantitative estimate of drug-likeness (QED) is 0.587. The summed E-state index contributed by atoms with van der Waals surface area (Å²) in [4.78, 5) is 40.5. The van der Waals surface area contributed by atoms with Crippen molar-refractivity contribution in [2.45, 2.75) is 51.7 Å². The average molecular weight is 408 g/mol. The van der Waals surface area contributed by atoms with E-state index in [0.29, 0.717) is 0 Å². The van der Waals surface area contributed by atoms with E-state index in [1.165, 1.54) is 6.07 Å². The molecule has 0 aliphatic carbocycles. The molecule has 11 heteroatoms. The first-order valence-corrected chi connectivity index (χ1v) is 9.04.